The van der Waals surface area contributed by atoms with E-state index in [1.165, 1.54) is 148 Å². The maximum Gasteiger partial charge on any atom is 0.305 e. The average Bonchev–Trinajstić information content (AvgIpc) is 2.80. The number of unbranched alkanes of at least 4 members (excludes halogenated alkanes) is 23. The zero-order chi connectivity index (χ0) is 23.4. The normalized spacial score (nSPS) is 10.8. The minimum atomic E-state index is 0. The fraction of sp³-hybridized carbons (Fsp3) is 0.967. The minimum Gasteiger partial charge on any atom is -0.466 e. The Labute approximate surface area is 242 Å². The summed E-state index contributed by atoms with van der Waals surface area (Å²) in [6.07, 6.45) is 34.2. The van der Waals surface area contributed by atoms with Crippen LogP contribution in [0.25, 0.3) is 0 Å². The van der Waals surface area contributed by atoms with E-state index in [1.54, 1.807) is 0 Å². The van der Waals surface area contributed by atoms with Crippen molar-refractivity contribution in [3.8, 4) is 0 Å². The Morgan fingerprint density at radius 3 is 1.03 bits per heavy atom. The summed E-state index contributed by atoms with van der Waals surface area (Å²) in [5.74, 6) is 0.0237. The molecule has 0 spiro atoms. The van der Waals surface area contributed by atoms with Gasteiger partial charge in [-0.2, -0.15) is 0 Å². The first-order valence-corrected chi connectivity index (χ1v) is 15.0. The molecule has 0 fully saturated rings. The molecule has 0 heterocycles. The first kappa shape index (κ1) is 36.0. The molecule has 0 aromatic rings. The SMILES string of the molecule is CCCCCCCCCCCCCCCCCC(=O)OCCCCCCCCCCCC.[Ce]. The molecule has 0 aromatic carbocycles. The van der Waals surface area contributed by atoms with Crippen LogP contribution < -0.4 is 0 Å². The molecule has 0 radical (unpaired) electrons. The Morgan fingerprint density at radius 1 is 0.424 bits per heavy atom. The maximum absolute atomic E-state index is 11.8. The van der Waals surface area contributed by atoms with Gasteiger partial charge in [-0.05, 0) is 12.8 Å². The summed E-state index contributed by atoms with van der Waals surface area (Å²) in [5, 5.41) is 0. The summed E-state index contributed by atoms with van der Waals surface area (Å²) in [6, 6.07) is 0. The Bertz CT molecular complexity index is 359. The van der Waals surface area contributed by atoms with Crippen LogP contribution in [0.3, 0.4) is 0 Å². The van der Waals surface area contributed by atoms with Gasteiger partial charge in [0.1, 0.15) is 0 Å². The molecular formula is C30H60CeO2. The summed E-state index contributed by atoms with van der Waals surface area (Å²) in [7, 11) is 0. The quantitative estimate of drug-likeness (QED) is 0.0700. The van der Waals surface area contributed by atoms with Crippen molar-refractivity contribution in [3.05, 3.63) is 0 Å². The molecule has 0 saturated heterocycles. The van der Waals surface area contributed by atoms with Gasteiger partial charge in [-0.1, -0.05) is 162 Å². The fourth-order valence-electron chi connectivity index (χ4n) is 4.49. The molecule has 0 aromatic heterocycles. The number of hydrogen-bond donors (Lipinski definition) is 0. The van der Waals surface area contributed by atoms with Gasteiger partial charge >= 0.3 is 5.97 Å². The van der Waals surface area contributed by atoms with E-state index in [4.69, 9.17) is 4.74 Å². The number of carbonyl (C=O) groups is 1. The van der Waals surface area contributed by atoms with Gasteiger partial charge in [-0.25, -0.2) is 0 Å². The van der Waals surface area contributed by atoms with Gasteiger partial charge in [0.05, 0.1) is 6.61 Å². The molecule has 0 saturated carbocycles. The third-order valence-corrected chi connectivity index (χ3v) is 6.75. The second kappa shape index (κ2) is 32.8. The summed E-state index contributed by atoms with van der Waals surface area (Å²) < 4.78 is 5.39. The molecule has 0 aliphatic rings. The van der Waals surface area contributed by atoms with Gasteiger partial charge in [0.25, 0.3) is 0 Å². The zero-order valence-corrected chi connectivity index (χ0v) is 26.0. The fourth-order valence-corrected chi connectivity index (χ4v) is 4.49. The van der Waals surface area contributed by atoms with Crippen LogP contribution in [0.1, 0.15) is 181 Å². The van der Waals surface area contributed by atoms with Crippen LogP contribution in [0, 0.1) is 41.7 Å². The van der Waals surface area contributed by atoms with Gasteiger partial charge in [-0.15, -0.1) is 0 Å². The van der Waals surface area contributed by atoms with E-state index >= 15 is 0 Å². The number of carbonyl (C=O) groups excluding carboxylic acids is 1. The summed E-state index contributed by atoms with van der Waals surface area (Å²) in [6.45, 7) is 5.19. The molecule has 0 atom stereocenters. The van der Waals surface area contributed by atoms with Gasteiger partial charge in [-0.3, -0.25) is 4.79 Å². The van der Waals surface area contributed by atoms with Crippen molar-refractivity contribution in [2.75, 3.05) is 6.61 Å². The third kappa shape index (κ3) is 32.8. The van der Waals surface area contributed by atoms with E-state index in [-0.39, 0.29) is 47.7 Å². The number of hydrogen-bond acceptors (Lipinski definition) is 2. The van der Waals surface area contributed by atoms with Crippen LogP contribution in [-0.2, 0) is 9.53 Å². The number of esters is 1. The van der Waals surface area contributed by atoms with Crippen molar-refractivity contribution in [2.45, 2.75) is 181 Å². The van der Waals surface area contributed by atoms with E-state index in [0.29, 0.717) is 13.0 Å². The largest absolute Gasteiger partial charge is 0.466 e. The standard InChI is InChI=1S/C30H60O2.Ce/c1-3-5-7-9-11-13-15-16-17-18-19-20-22-24-26-28-30(31)32-29-27-25-23-21-14-12-10-8-6-4-2;/h3-29H2,1-2H3;. The molecule has 196 valence electrons. The Balaban J connectivity index is 0. The minimum absolute atomic E-state index is 0. The topological polar surface area (TPSA) is 26.3 Å². The van der Waals surface area contributed by atoms with Gasteiger partial charge in [0.2, 0.25) is 0 Å². The van der Waals surface area contributed by atoms with E-state index in [0.717, 1.165) is 12.8 Å². The molecule has 33 heavy (non-hydrogen) atoms. The molecule has 3 heteroatoms. The zero-order valence-electron chi connectivity index (χ0n) is 22.9. The maximum atomic E-state index is 11.8. The molecule has 0 amide bonds. The van der Waals surface area contributed by atoms with Crippen molar-refractivity contribution < 1.29 is 51.3 Å². The number of rotatable bonds is 27. The van der Waals surface area contributed by atoms with Crippen molar-refractivity contribution in [1.82, 2.24) is 0 Å². The Kier molecular flexibility index (Phi) is 35.8. The third-order valence-electron chi connectivity index (χ3n) is 6.75. The molecule has 0 unspecified atom stereocenters. The van der Waals surface area contributed by atoms with Crippen molar-refractivity contribution in [3.63, 3.8) is 0 Å². The Hall–Kier alpha value is 0.847. The average molecular weight is 593 g/mol. The summed E-state index contributed by atoms with van der Waals surface area (Å²) >= 11 is 0. The summed E-state index contributed by atoms with van der Waals surface area (Å²) in [5.41, 5.74) is 0. The van der Waals surface area contributed by atoms with Crippen LogP contribution in [0.2, 0.25) is 0 Å². The van der Waals surface area contributed by atoms with Crippen molar-refractivity contribution in [2.24, 2.45) is 0 Å². The molecular weight excluding hydrogens is 532 g/mol. The molecule has 0 bridgehead atoms. The molecule has 0 rings (SSSR count). The monoisotopic (exact) mass is 592 g/mol. The second-order valence-electron chi connectivity index (χ2n) is 10.1. The van der Waals surface area contributed by atoms with Crippen LogP contribution >= 0.6 is 0 Å². The van der Waals surface area contributed by atoms with Gasteiger partial charge < -0.3 is 4.74 Å². The van der Waals surface area contributed by atoms with Crippen LogP contribution in [0.4, 0.5) is 0 Å². The van der Waals surface area contributed by atoms with Crippen LogP contribution in [-0.4, -0.2) is 12.6 Å². The first-order chi connectivity index (χ1) is 15.8. The van der Waals surface area contributed by atoms with Crippen LogP contribution in [0.5, 0.6) is 0 Å². The van der Waals surface area contributed by atoms with Crippen LogP contribution in [0.15, 0.2) is 0 Å². The van der Waals surface area contributed by atoms with E-state index in [9.17, 15) is 4.79 Å². The van der Waals surface area contributed by atoms with Gasteiger partial charge in [0.15, 0.2) is 0 Å². The van der Waals surface area contributed by atoms with E-state index < -0.39 is 0 Å². The molecule has 0 aliphatic carbocycles. The molecule has 0 N–H and O–H groups in total. The molecule has 2 nitrogen and oxygen atoms in total. The van der Waals surface area contributed by atoms with Gasteiger partial charge in [0, 0.05) is 48.2 Å². The van der Waals surface area contributed by atoms with Crippen molar-refractivity contribution >= 4 is 5.97 Å². The smallest absolute Gasteiger partial charge is 0.305 e. The predicted molar refractivity (Wildman–Crippen MR) is 142 cm³/mol. The van der Waals surface area contributed by atoms with E-state index in [1.807, 2.05) is 0 Å². The van der Waals surface area contributed by atoms with Crippen molar-refractivity contribution in [1.29, 1.82) is 0 Å². The first-order valence-electron chi connectivity index (χ1n) is 15.0. The molecule has 0 aliphatic heterocycles. The van der Waals surface area contributed by atoms with E-state index in [2.05, 4.69) is 13.8 Å². The summed E-state index contributed by atoms with van der Waals surface area (Å²) in [4.78, 5) is 11.8. The predicted octanol–water partition coefficient (Wildman–Crippen LogP) is 10.7. The Morgan fingerprint density at radius 2 is 0.697 bits per heavy atom. The number of ether oxygens (including phenoxy) is 1. The second-order valence-corrected chi connectivity index (χ2v) is 10.1.